The summed E-state index contributed by atoms with van der Waals surface area (Å²) >= 11 is 0. The molecule has 0 unspecified atom stereocenters. The van der Waals surface area contributed by atoms with Crippen LogP contribution in [-0.4, -0.2) is 38.3 Å². The molecule has 0 aliphatic heterocycles. The van der Waals surface area contributed by atoms with E-state index < -0.39 is 10.1 Å². The Hall–Kier alpha value is -2.74. The van der Waals surface area contributed by atoms with Gasteiger partial charge >= 0.3 is 16.1 Å². The number of ether oxygens (including phenoxy) is 1. The molecule has 0 heterocycles. The fraction of sp³-hybridized carbons (Fsp3) is 0.350. The van der Waals surface area contributed by atoms with Gasteiger partial charge in [-0.2, -0.15) is 8.42 Å². The van der Waals surface area contributed by atoms with E-state index in [2.05, 4.69) is 5.32 Å². The molecule has 2 amide bonds. The number of hydrogen-bond donors (Lipinski definition) is 1. The summed E-state index contributed by atoms with van der Waals surface area (Å²) in [4.78, 5) is 14.4. The second-order valence-electron chi connectivity index (χ2n) is 6.46. The molecular weight excluding hydrogens is 380 g/mol. The molecule has 8 heteroatoms. The lowest BCUT2D eigenvalue weighted by Gasteiger charge is -2.27. The van der Waals surface area contributed by atoms with E-state index in [0.29, 0.717) is 18.0 Å². The Morgan fingerprint density at radius 3 is 2.36 bits per heavy atom. The fourth-order valence-electron chi connectivity index (χ4n) is 2.46. The van der Waals surface area contributed by atoms with Crippen molar-refractivity contribution in [2.75, 3.05) is 18.2 Å². The van der Waals surface area contributed by atoms with Crippen LogP contribution in [0.2, 0.25) is 0 Å². The van der Waals surface area contributed by atoms with E-state index in [9.17, 15) is 13.2 Å². The third-order valence-electron chi connectivity index (χ3n) is 4.05. The van der Waals surface area contributed by atoms with E-state index in [0.717, 1.165) is 5.56 Å². The summed E-state index contributed by atoms with van der Waals surface area (Å²) in [7, 11) is -2.02. The van der Waals surface area contributed by atoms with Crippen molar-refractivity contribution < 1.29 is 22.1 Å². The highest BCUT2D eigenvalue weighted by molar-refractivity contribution is 7.87. The molecule has 2 rings (SSSR count). The van der Waals surface area contributed by atoms with Gasteiger partial charge in [-0.25, -0.2) is 4.79 Å². The van der Waals surface area contributed by atoms with Gasteiger partial charge in [-0.15, -0.1) is 0 Å². The molecule has 0 saturated heterocycles. The van der Waals surface area contributed by atoms with Crippen LogP contribution in [0.3, 0.4) is 0 Å². The summed E-state index contributed by atoms with van der Waals surface area (Å²) in [6, 6.07) is 13.5. The summed E-state index contributed by atoms with van der Waals surface area (Å²) < 4.78 is 33.5. The molecule has 28 heavy (non-hydrogen) atoms. The van der Waals surface area contributed by atoms with Gasteiger partial charge in [0.1, 0.15) is 11.5 Å². The van der Waals surface area contributed by atoms with Gasteiger partial charge in [-0.3, -0.25) is 0 Å². The largest absolute Gasteiger partial charge is 0.497 e. The summed E-state index contributed by atoms with van der Waals surface area (Å²) in [5.74, 6) is 0.829. The molecule has 7 nitrogen and oxygen atoms in total. The normalized spacial score (nSPS) is 11.2. The number of rotatable bonds is 8. The molecule has 0 aliphatic rings. The molecule has 2 aromatic rings. The van der Waals surface area contributed by atoms with Crippen molar-refractivity contribution in [1.29, 1.82) is 0 Å². The van der Waals surface area contributed by atoms with Gasteiger partial charge in [0.25, 0.3) is 0 Å². The predicted octanol–water partition coefficient (Wildman–Crippen LogP) is 3.87. The number of methoxy groups -OCH3 is 1. The highest BCUT2D eigenvalue weighted by atomic mass is 32.2. The first-order valence-electron chi connectivity index (χ1n) is 8.97. The SMILES string of the molecule is CCS(=O)(=O)Oc1cccc(CN(C(=O)Nc2ccc(OC)cc2)C(C)C)c1. The van der Waals surface area contributed by atoms with Crippen molar-refractivity contribution in [3.8, 4) is 11.5 Å². The molecule has 2 aromatic carbocycles. The van der Waals surface area contributed by atoms with Crippen LogP contribution in [0, 0.1) is 0 Å². The van der Waals surface area contributed by atoms with Gasteiger partial charge < -0.3 is 19.1 Å². The van der Waals surface area contributed by atoms with Crippen LogP contribution in [0.5, 0.6) is 11.5 Å². The van der Waals surface area contributed by atoms with Crippen LogP contribution in [0.1, 0.15) is 26.3 Å². The number of carbonyl (C=O) groups excluding carboxylic acids is 1. The van der Waals surface area contributed by atoms with E-state index in [4.69, 9.17) is 8.92 Å². The first-order chi connectivity index (χ1) is 13.2. The minimum Gasteiger partial charge on any atom is -0.497 e. The highest BCUT2D eigenvalue weighted by Gasteiger charge is 2.18. The van der Waals surface area contributed by atoms with E-state index in [-0.39, 0.29) is 23.6 Å². The van der Waals surface area contributed by atoms with Crippen molar-refractivity contribution in [2.24, 2.45) is 0 Å². The highest BCUT2D eigenvalue weighted by Crippen LogP contribution is 2.20. The Kier molecular flexibility index (Phi) is 7.28. The van der Waals surface area contributed by atoms with Crippen LogP contribution in [0.25, 0.3) is 0 Å². The number of hydrogen-bond acceptors (Lipinski definition) is 5. The molecule has 0 spiro atoms. The summed E-state index contributed by atoms with van der Waals surface area (Å²) in [6.45, 7) is 5.65. The smallest absolute Gasteiger partial charge is 0.322 e. The van der Waals surface area contributed by atoms with Gasteiger partial charge in [0.2, 0.25) is 0 Å². The van der Waals surface area contributed by atoms with Crippen LogP contribution in [-0.2, 0) is 16.7 Å². The molecule has 0 bridgehead atoms. The van der Waals surface area contributed by atoms with Gasteiger partial charge in [-0.1, -0.05) is 12.1 Å². The maximum Gasteiger partial charge on any atom is 0.322 e. The summed E-state index contributed by atoms with van der Waals surface area (Å²) in [5, 5.41) is 2.86. The Balaban J connectivity index is 2.12. The number of nitrogens with zero attached hydrogens (tertiary/aromatic N) is 1. The molecule has 0 fully saturated rings. The number of carbonyl (C=O) groups is 1. The lowest BCUT2D eigenvalue weighted by Crippen LogP contribution is -2.39. The fourth-order valence-corrected chi connectivity index (χ4v) is 2.97. The minimum atomic E-state index is -3.60. The summed E-state index contributed by atoms with van der Waals surface area (Å²) in [6.07, 6.45) is 0. The van der Waals surface area contributed by atoms with Crippen LogP contribution in [0.15, 0.2) is 48.5 Å². The van der Waals surface area contributed by atoms with Crippen molar-refractivity contribution in [2.45, 2.75) is 33.4 Å². The molecular formula is C20H26N2O5S. The predicted molar refractivity (Wildman–Crippen MR) is 109 cm³/mol. The lowest BCUT2D eigenvalue weighted by atomic mass is 10.2. The average molecular weight is 407 g/mol. The first-order valence-corrected chi connectivity index (χ1v) is 10.5. The molecule has 152 valence electrons. The third kappa shape index (κ3) is 6.16. The van der Waals surface area contributed by atoms with Gasteiger partial charge in [0, 0.05) is 18.3 Å². The topological polar surface area (TPSA) is 84.9 Å². The van der Waals surface area contributed by atoms with Crippen molar-refractivity contribution in [3.63, 3.8) is 0 Å². The molecule has 1 N–H and O–H groups in total. The molecule has 0 radical (unpaired) electrons. The van der Waals surface area contributed by atoms with Gasteiger partial charge in [-0.05, 0) is 62.7 Å². The zero-order valence-electron chi connectivity index (χ0n) is 16.5. The van der Waals surface area contributed by atoms with E-state index >= 15 is 0 Å². The van der Waals surface area contributed by atoms with Gasteiger partial charge in [0.15, 0.2) is 0 Å². The molecule has 0 aliphatic carbocycles. The quantitative estimate of drug-likeness (QED) is 0.673. The third-order valence-corrected chi connectivity index (χ3v) is 5.21. The Morgan fingerprint density at radius 2 is 1.79 bits per heavy atom. The number of amides is 2. The Bertz CT molecular complexity index is 895. The maximum atomic E-state index is 12.7. The number of benzene rings is 2. The summed E-state index contributed by atoms with van der Waals surface area (Å²) in [5.41, 5.74) is 1.42. The minimum absolute atomic E-state index is 0.0674. The zero-order chi connectivity index (χ0) is 20.7. The number of urea groups is 1. The monoisotopic (exact) mass is 406 g/mol. The van der Waals surface area contributed by atoms with Crippen molar-refractivity contribution >= 4 is 21.8 Å². The van der Waals surface area contributed by atoms with Crippen molar-refractivity contribution in [1.82, 2.24) is 4.90 Å². The lowest BCUT2D eigenvalue weighted by molar-refractivity contribution is 0.193. The van der Waals surface area contributed by atoms with Crippen LogP contribution in [0.4, 0.5) is 10.5 Å². The molecule has 0 atom stereocenters. The number of nitrogens with one attached hydrogen (secondary N) is 1. The second-order valence-corrected chi connectivity index (χ2v) is 8.32. The Labute approximate surface area is 166 Å². The van der Waals surface area contributed by atoms with Crippen LogP contribution >= 0.6 is 0 Å². The van der Waals surface area contributed by atoms with Crippen LogP contribution < -0.4 is 14.2 Å². The maximum absolute atomic E-state index is 12.7. The first kappa shape index (κ1) is 21.6. The van der Waals surface area contributed by atoms with E-state index in [1.54, 1.807) is 54.5 Å². The molecule has 0 aromatic heterocycles. The number of anilines is 1. The standard InChI is InChI=1S/C20H26N2O5S/c1-5-28(24,25)27-19-8-6-7-16(13-19)14-22(15(2)3)20(23)21-17-9-11-18(26-4)12-10-17/h6-13,15H,5,14H2,1-4H3,(H,21,23). The average Bonchev–Trinajstić information content (AvgIpc) is 2.66. The van der Waals surface area contributed by atoms with E-state index in [1.165, 1.54) is 6.92 Å². The van der Waals surface area contributed by atoms with E-state index in [1.807, 2.05) is 19.9 Å². The second kappa shape index (κ2) is 9.45. The Morgan fingerprint density at radius 1 is 1.11 bits per heavy atom. The zero-order valence-corrected chi connectivity index (χ0v) is 17.3. The van der Waals surface area contributed by atoms with Gasteiger partial charge in [0.05, 0.1) is 12.9 Å². The van der Waals surface area contributed by atoms with Crippen molar-refractivity contribution in [3.05, 3.63) is 54.1 Å². The molecule has 0 saturated carbocycles.